The van der Waals surface area contributed by atoms with Crippen molar-refractivity contribution in [3.63, 3.8) is 0 Å². The number of hydrogen-bond acceptors (Lipinski definition) is 4. The van der Waals surface area contributed by atoms with Gasteiger partial charge in [0.15, 0.2) is 11.5 Å². The van der Waals surface area contributed by atoms with Gasteiger partial charge in [-0.15, -0.1) is 0 Å². The van der Waals surface area contributed by atoms with E-state index in [1.165, 1.54) is 19.2 Å². The van der Waals surface area contributed by atoms with Crippen LogP contribution in [0, 0.1) is 0 Å². The van der Waals surface area contributed by atoms with Crippen molar-refractivity contribution in [2.24, 2.45) is 0 Å². The average Bonchev–Trinajstić information content (AvgIpc) is 2.75. The maximum absolute atomic E-state index is 11.9. The van der Waals surface area contributed by atoms with Gasteiger partial charge in [-0.3, -0.25) is 9.59 Å². The number of nitrogens with zero attached hydrogens (tertiary/aromatic N) is 1. The van der Waals surface area contributed by atoms with E-state index >= 15 is 0 Å². The number of likely N-dealkylation sites (N-methyl/N-ethyl adjacent to an activating group) is 1. The quantitative estimate of drug-likeness (QED) is 0.895. The summed E-state index contributed by atoms with van der Waals surface area (Å²) < 4.78 is 10.3. The first kappa shape index (κ1) is 12.5. The second-order valence-electron chi connectivity index (χ2n) is 3.75. The molecule has 1 aliphatic rings. The van der Waals surface area contributed by atoms with Crippen LogP contribution in [0.25, 0.3) is 0 Å². The molecule has 0 fully saturated rings. The number of carboxylic acid groups (broad SMARTS) is 1. The van der Waals surface area contributed by atoms with Crippen LogP contribution in [0.15, 0.2) is 12.1 Å². The molecule has 96 valence electrons. The molecule has 0 atom stereocenters. The summed E-state index contributed by atoms with van der Waals surface area (Å²) in [6.45, 7) is -0.331. The molecule has 1 aromatic carbocycles. The highest BCUT2D eigenvalue weighted by molar-refractivity contribution is 6.32. The maximum atomic E-state index is 11.9. The lowest BCUT2D eigenvalue weighted by molar-refractivity contribution is -0.137. The lowest BCUT2D eigenvalue weighted by Crippen LogP contribution is -2.31. The van der Waals surface area contributed by atoms with Gasteiger partial charge in [-0.2, -0.15) is 0 Å². The number of ether oxygens (including phenoxy) is 2. The molecule has 1 N–H and O–H groups in total. The third-order valence-electron chi connectivity index (χ3n) is 2.39. The maximum Gasteiger partial charge on any atom is 0.323 e. The molecular formula is C11H10ClNO5. The van der Waals surface area contributed by atoms with Crippen LogP contribution < -0.4 is 9.47 Å². The van der Waals surface area contributed by atoms with Gasteiger partial charge in [-0.05, 0) is 12.1 Å². The summed E-state index contributed by atoms with van der Waals surface area (Å²) in [5.41, 5.74) is 0.257. The molecule has 0 saturated carbocycles. The minimum atomic E-state index is -1.09. The fraction of sp³-hybridized carbons (Fsp3) is 0.273. The highest BCUT2D eigenvalue weighted by Gasteiger charge is 2.22. The lowest BCUT2D eigenvalue weighted by atomic mass is 10.1. The molecular weight excluding hydrogens is 262 g/mol. The molecule has 18 heavy (non-hydrogen) atoms. The standard InChI is InChI=1S/C11H10ClNO5/c1-13(4-9(14)15)11(16)6-2-7(12)10-8(3-6)17-5-18-10/h2-3H,4-5H2,1H3,(H,14,15). The van der Waals surface area contributed by atoms with E-state index in [9.17, 15) is 9.59 Å². The molecule has 0 bridgehead atoms. The topological polar surface area (TPSA) is 76.1 Å². The van der Waals surface area contributed by atoms with E-state index < -0.39 is 11.9 Å². The first-order chi connectivity index (χ1) is 8.49. The fourth-order valence-electron chi connectivity index (χ4n) is 1.59. The monoisotopic (exact) mass is 271 g/mol. The summed E-state index contributed by atoms with van der Waals surface area (Å²) in [5.74, 6) is -0.751. The number of carboxylic acids is 1. The molecule has 0 radical (unpaired) electrons. The van der Waals surface area contributed by atoms with E-state index in [-0.39, 0.29) is 23.9 Å². The molecule has 0 spiro atoms. The number of aliphatic carboxylic acids is 1. The highest BCUT2D eigenvalue weighted by Crippen LogP contribution is 2.39. The zero-order chi connectivity index (χ0) is 13.3. The molecule has 0 saturated heterocycles. The molecule has 2 rings (SSSR count). The predicted octanol–water partition coefficient (Wildman–Crippen LogP) is 1.23. The Hall–Kier alpha value is -1.95. The Morgan fingerprint density at radius 1 is 1.44 bits per heavy atom. The van der Waals surface area contributed by atoms with Crippen LogP contribution in [0.5, 0.6) is 11.5 Å². The zero-order valence-electron chi connectivity index (χ0n) is 9.47. The first-order valence-corrected chi connectivity index (χ1v) is 5.43. The Kier molecular flexibility index (Phi) is 3.29. The minimum absolute atomic E-state index is 0.0532. The number of benzene rings is 1. The second-order valence-corrected chi connectivity index (χ2v) is 4.15. The molecule has 1 heterocycles. The van der Waals surface area contributed by atoms with Crippen molar-refractivity contribution in [3.8, 4) is 11.5 Å². The average molecular weight is 272 g/mol. The van der Waals surface area contributed by atoms with Crippen LogP contribution in [0.2, 0.25) is 5.02 Å². The van der Waals surface area contributed by atoms with Crippen LogP contribution in [-0.2, 0) is 4.79 Å². The molecule has 6 nitrogen and oxygen atoms in total. The summed E-state index contributed by atoms with van der Waals surface area (Å²) in [5, 5.41) is 8.89. The molecule has 1 amide bonds. The van der Waals surface area contributed by atoms with Crippen molar-refractivity contribution in [2.75, 3.05) is 20.4 Å². The van der Waals surface area contributed by atoms with E-state index in [1.807, 2.05) is 0 Å². The number of carbonyl (C=O) groups is 2. The summed E-state index contributed by atoms with van der Waals surface area (Å²) in [6, 6.07) is 2.91. The Morgan fingerprint density at radius 2 is 2.17 bits per heavy atom. The number of rotatable bonds is 3. The van der Waals surface area contributed by atoms with Crippen molar-refractivity contribution < 1.29 is 24.2 Å². The number of halogens is 1. The summed E-state index contributed by atoms with van der Waals surface area (Å²) in [7, 11) is 1.40. The summed E-state index contributed by atoms with van der Waals surface area (Å²) in [4.78, 5) is 23.6. The summed E-state index contributed by atoms with van der Waals surface area (Å²) >= 11 is 5.94. The fourth-order valence-corrected chi connectivity index (χ4v) is 1.85. The Bertz CT molecular complexity index is 516. The van der Waals surface area contributed by atoms with Crippen LogP contribution in [0.1, 0.15) is 10.4 Å². The third kappa shape index (κ3) is 2.33. The van der Waals surface area contributed by atoms with Crippen molar-refractivity contribution in [3.05, 3.63) is 22.7 Å². The highest BCUT2D eigenvalue weighted by atomic mass is 35.5. The number of amides is 1. The molecule has 0 aromatic heterocycles. The van der Waals surface area contributed by atoms with Gasteiger partial charge in [-0.1, -0.05) is 11.6 Å². The zero-order valence-corrected chi connectivity index (χ0v) is 10.2. The van der Waals surface area contributed by atoms with Crippen LogP contribution >= 0.6 is 11.6 Å². The second kappa shape index (κ2) is 4.73. The van der Waals surface area contributed by atoms with Crippen molar-refractivity contribution in [2.45, 2.75) is 0 Å². The van der Waals surface area contributed by atoms with Gasteiger partial charge in [0.1, 0.15) is 6.54 Å². The number of hydrogen-bond donors (Lipinski definition) is 1. The minimum Gasteiger partial charge on any atom is -0.480 e. The van der Waals surface area contributed by atoms with Gasteiger partial charge in [0.25, 0.3) is 5.91 Å². The smallest absolute Gasteiger partial charge is 0.323 e. The van der Waals surface area contributed by atoms with Gasteiger partial charge in [0.2, 0.25) is 6.79 Å². The van der Waals surface area contributed by atoms with E-state index in [2.05, 4.69) is 0 Å². The molecule has 7 heteroatoms. The summed E-state index contributed by atoms with van der Waals surface area (Å²) in [6.07, 6.45) is 0. The largest absolute Gasteiger partial charge is 0.480 e. The normalized spacial score (nSPS) is 12.3. The van der Waals surface area contributed by atoms with Gasteiger partial charge in [-0.25, -0.2) is 0 Å². The van der Waals surface area contributed by atoms with Gasteiger partial charge >= 0.3 is 5.97 Å². The Morgan fingerprint density at radius 3 is 2.83 bits per heavy atom. The van der Waals surface area contributed by atoms with E-state index in [0.717, 1.165) is 4.90 Å². The Balaban J connectivity index is 2.26. The van der Waals surface area contributed by atoms with Gasteiger partial charge < -0.3 is 19.5 Å². The number of fused-ring (bicyclic) bond motifs is 1. The van der Waals surface area contributed by atoms with Crippen LogP contribution in [0.4, 0.5) is 0 Å². The molecule has 0 unspecified atom stereocenters. The van der Waals surface area contributed by atoms with Crippen LogP contribution in [0.3, 0.4) is 0 Å². The predicted molar refractivity (Wildman–Crippen MR) is 62.2 cm³/mol. The van der Waals surface area contributed by atoms with E-state index in [4.69, 9.17) is 26.2 Å². The SMILES string of the molecule is CN(CC(=O)O)C(=O)c1cc(Cl)c2c(c1)OCO2. The molecule has 0 aliphatic carbocycles. The molecule has 1 aromatic rings. The van der Waals surface area contributed by atoms with E-state index in [0.29, 0.717) is 11.5 Å². The molecule has 1 aliphatic heterocycles. The van der Waals surface area contributed by atoms with Crippen LogP contribution in [-0.4, -0.2) is 42.3 Å². The lowest BCUT2D eigenvalue weighted by Gasteiger charge is -2.15. The van der Waals surface area contributed by atoms with Gasteiger partial charge in [0.05, 0.1) is 5.02 Å². The van der Waals surface area contributed by atoms with Crippen molar-refractivity contribution in [1.29, 1.82) is 0 Å². The van der Waals surface area contributed by atoms with E-state index in [1.54, 1.807) is 0 Å². The first-order valence-electron chi connectivity index (χ1n) is 5.05. The third-order valence-corrected chi connectivity index (χ3v) is 2.67. The van der Waals surface area contributed by atoms with Gasteiger partial charge in [0, 0.05) is 12.6 Å². The Labute approximate surface area is 108 Å². The van der Waals surface area contributed by atoms with Crippen molar-refractivity contribution >= 4 is 23.5 Å². The number of carbonyl (C=O) groups excluding carboxylic acids is 1. The van der Waals surface area contributed by atoms with Crippen molar-refractivity contribution in [1.82, 2.24) is 4.90 Å².